The Morgan fingerprint density at radius 2 is 1.89 bits per heavy atom. The van der Waals surface area contributed by atoms with Crippen LogP contribution in [-0.4, -0.2) is 34.9 Å². The third-order valence-corrected chi connectivity index (χ3v) is 4.27. The van der Waals surface area contributed by atoms with E-state index in [9.17, 15) is 22.4 Å². The van der Waals surface area contributed by atoms with Gasteiger partial charge in [-0.2, -0.15) is 13.2 Å². The Kier molecular flexibility index (Phi) is 5.26. The Balaban J connectivity index is 1.71. The first-order chi connectivity index (χ1) is 13.1. The number of ether oxygens (including phenoxy) is 1. The zero-order valence-corrected chi connectivity index (χ0v) is 14.9. The molecule has 1 fully saturated rings. The molecule has 3 rings (SSSR count). The molecule has 1 saturated heterocycles. The maximum atomic E-state index is 12.9. The number of aromatic nitrogens is 1. The fourth-order valence-electron chi connectivity index (χ4n) is 2.72. The average Bonchev–Trinajstić information content (AvgIpc) is 2.58. The second-order valence-electron chi connectivity index (χ2n) is 6.39. The highest BCUT2D eigenvalue weighted by Crippen LogP contribution is 2.34. The van der Waals surface area contributed by atoms with E-state index in [2.05, 4.69) is 16.9 Å². The number of carbonyl (C=O) groups excluding carboxylic acids is 1. The van der Waals surface area contributed by atoms with Crippen LogP contribution in [0.25, 0.3) is 0 Å². The number of rotatable bonds is 5. The summed E-state index contributed by atoms with van der Waals surface area (Å²) in [6.07, 6.45) is -2.91. The summed E-state index contributed by atoms with van der Waals surface area (Å²) in [5, 5.41) is 3.18. The molecule has 0 aliphatic carbocycles. The molecule has 0 atom stereocenters. The quantitative estimate of drug-likeness (QED) is 0.606. The van der Waals surface area contributed by atoms with Gasteiger partial charge in [0.1, 0.15) is 11.4 Å². The summed E-state index contributed by atoms with van der Waals surface area (Å²) in [5.41, 5.74) is 0.583. The number of hydrogen-bond donors (Lipinski definition) is 1. The number of pyridine rings is 1. The van der Waals surface area contributed by atoms with Crippen molar-refractivity contribution in [2.75, 3.05) is 18.4 Å². The maximum absolute atomic E-state index is 12.9. The minimum absolute atomic E-state index is 0.138. The van der Waals surface area contributed by atoms with E-state index in [0.717, 1.165) is 17.7 Å². The van der Waals surface area contributed by atoms with E-state index in [-0.39, 0.29) is 30.8 Å². The van der Waals surface area contributed by atoms with Crippen molar-refractivity contribution in [3.63, 3.8) is 0 Å². The van der Waals surface area contributed by atoms with Crippen LogP contribution in [0.5, 0.6) is 11.6 Å². The zero-order chi connectivity index (χ0) is 20.5. The van der Waals surface area contributed by atoms with Gasteiger partial charge in [0.15, 0.2) is 5.83 Å². The topological polar surface area (TPSA) is 54.5 Å². The molecule has 2 heterocycles. The van der Waals surface area contributed by atoms with Gasteiger partial charge in [0.2, 0.25) is 5.88 Å². The Labute approximate surface area is 158 Å². The highest BCUT2D eigenvalue weighted by Gasteiger charge is 2.33. The van der Waals surface area contributed by atoms with E-state index in [1.54, 1.807) is 6.07 Å². The Morgan fingerprint density at radius 1 is 1.25 bits per heavy atom. The fraction of sp³-hybridized carbons (Fsp3) is 0.263. The normalized spacial score (nSPS) is 14.4. The van der Waals surface area contributed by atoms with Crippen molar-refractivity contribution in [1.82, 2.24) is 9.88 Å². The van der Waals surface area contributed by atoms with Crippen molar-refractivity contribution >= 4 is 11.6 Å². The molecule has 0 bridgehead atoms. The predicted octanol–water partition coefficient (Wildman–Crippen LogP) is 4.31. The highest BCUT2D eigenvalue weighted by molar-refractivity contribution is 5.91. The summed E-state index contributed by atoms with van der Waals surface area (Å²) in [7, 11) is 0. The summed E-state index contributed by atoms with van der Waals surface area (Å²) in [4.78, 5) is 16.9. The number of anilines is 1. The number of carbonyl (C=O) groups is 1. The lowest BCUT2D eigenvalue weighted by Crippen LogP contribution is -2.57. The van der Waals surface area contributed by atoms with E-state index in [0.29, 0.717) is 5.69 Å². The average molecular weight is 395 g/mol. The number of aryl methyl sites for hydroxylation is 1. The summed E-state index contributed by atoms with van der Waals surface area (Å²) >= 11 is 0. The lowest BCUT2D eigenvalue weighted by molar-refractivity contribution is -0.137. The number of halogens is 4. The lowest BCUT2D eigenvalue weighted by atomic mass is 10.1. The van der Waals surface area contributed by atoms with E-state index in [1.807, 2.05) is 6.92 Å². The molecule has 0 radical (unpaired) electrons. The summed E-state index contributed by atoms with van der Waals surface area (Å²) in [6.45, 7) is 5.37. The molecule has 28 heavy (non-hydrogen) atoms. The molecular formula is C19H17F4N3O2. The van der Waals surface area contributed by atoms with Crippen LogP contribution in [0.4, 0.5) is 23.2 Å². The van der Waals surface area contributed by atoms with Crippen LogP contribution < -0.4 is 10.1 Å². The Bertz CT molecular complexity index is 891. The standard InChI is InChI=1S/C19H17F4N3O2/c1-11-7-8-24-17(28-15-5-3-13(4-6-15)19(21,22)23)16(11)25-14-9-26(10-14)18(27)12(2)20/h3-8,14,25H,2,9-10H2,1H3. The van der Waals surface area contributed by atoms with Crippen molar-refractivity contribution < 1.29 is 27.1 Å². The predicted molar refractivity (Wildman–Crippen MR) is 94.7 cm³/mol. The molecule has 1 aliphatic heterocycles. The molecule has 9 heteroatoms. The van der Waals surface area contributed by atoms with Gasteiger partial charge >= 0.3 is 6.18 Å². The number of alkyl halides is 3. The lowest BCUT2D eigenvalue weighted by Gasteiger charge is -2.40. The number of nitrogens with one attached hydrogen (secondary N) is 1. The third kappa shape index (κ3) is 4.24. The van der Waals surface area contributed by atoms with Crippen molar-refractivity contribution in [2.45, 2.75) is 19.1 Å². The van der Waals surface area contributed by atoms with Crippen molar-refractivity contribution in [3.8, 4) is 11.6 Å². The monoisotopic (exact) mass is 395 g/mol. The molecule has 1 aromatic heterocycles. The highest BCUT2D eigenvalue weighted by atomic mass is 19.4. The first-order valence-electron chi connectivity index (χ1n) is 8.36. The van der Waals surface area contributed by atoms with Gasteiger partial charge in [-0.05, 0) is 42.8 Å². The van der Waals surface area contributed by atoms with Gasteiger partial charge < -0.3 is 15.0 Å². The minimum atomic E-state index is -4.43. The van der Waals surface area contributed by atoms with E-state index >= 15 is 0 Å². The number of likely N-dealkylation sites (tertiary alicyclic amines) is 1. The smallest absolute Gasteiger partial charge is 0.416 e. The molecule has 0 spiro atoms. The summed E-state index contributed by atoms with van der Waals surface area (Å²) in [5.74, 6) is -1.36. The number of amides is 1. The zero-order valence-electron chi connectivity index (χ0n) is 14.9. The molecule has 1 amide bonds. The van der Waals surface area contributed by atoms with Crippen LogP contribution in [0.15, 0.2) is 48.9 Å². The fourth-order valence-corrected chi connectivity index (χ4v) is 2.72. The van der Waals surface area contributed by atoms with Gasteiger partial charge in [-0.25, -0.2) is 9.37 Å². The van der Waals surface area contributed by atoms with Gasteiger partial charge in [0.25, 0.3) is 5.91 Å². The number of nitrogens with zero attached hydrogens (tertiary/aromatic N) is 2. The molecule has 0 saturated carbocycles. The van der Waals surface area contributed by atoms with E-state index < -0.39 is 23.5 Å². The van der Waals surface area contributed by atoms with Crippen LogP contribution in [-0.2, 0) is 11.0 Å². The van der Waals surface area contributed by atoms with Crippen LogP contribution in [0.3, 0.4) is 0 Å². The van der Waals surface area contributed by atoms with E-state index in [4.69, 9.17) is 4.74 Å². The van der Waals surface area contributed by atoms with Crippen LogP contribution in [0, 0.1) is 6.92 Å². The van der Waals surface area contributed by atoms with Crippen LogP contribution >= 0.6 is 0 Å². The van der Waals surface area contributed by atoms with Gasteiger partial charge in [-0.1, -0.05) is 6.58 Å². The van der Waals surface area contributed by atoms with Gasteiger partial charge in [0.05, 0.1) is 11.6 Å². The molecule has 148 valence electrons. The second-order valence-corrected chi connectivity index (χ2v) is 6.39. The van der Waals surface area contributed by atoms with Crippen molar-refractivity contribution in [2.24, 2.45) is 0 Å². The van der Waals surface area contributed by atoms with Gasteiger partial charge in [-0.3, -0.25) is 4.79 Å². The first kappa shape index (κ1) is 19.7. The minimum Gasteiger partial charge on any atom is -0.437 e. The van der Waals surface area contributed by atoms with Crippen LogP contribution in [0.1, 0.15) is 11.1 Å². The molecular weight excluding hydrogens is 378 g/mol. The molecule has 5 nitrogen and oxygen atoms in total. The maximum Gasteiger partial charge on any atom is 0.416 e. The Morgan fingerprint density at radius 3 is 2.46 bits per heavy atom. The molecule has 1 aliphatic rings. The molecule has 0 unspecified atom stereocenters. The largest absolute Gasteiger partial charge is 0.437 e. The number of benzene rings is 1. The SMILES string of the molecule is C=C(F)C(=O)N1CC(Nc2c(C)ccnc2Oc2ccc(C(F)(F)F)cc2)C1. The molecule has 1 aromatic carbocycles. The first-order valence-corrected chi connectivity index (χ1v) is 8.36. The van der Waals surface area contributed by atoms with Gasteiger partial charge in [-0.15, -0.1) is 0 Å². The molecule has 2 aromatic rings. The second kappa shape index (κ2) is 7.49. The Hall–Kier alpha value is -3.10. The molecule has 1 N–H and O–H groups in total. The van der Waals surface area contributed by atoms with Crippen molar-refractivity contribution in [1.29, 1.82) is 0 Å². The number of hydrogen-bond acceptors (Lipinski definition) is 4. The van der Waals surface area contributed by atoms with Crippen LogP contribution in [0.2, 0.25) is 0 Å². The van der Waals surface area contributed by atoms with Crippen molar-refractivity contribution in [3.05, 3.63) is 60.1 Å². The van der Waals surface area contributed by atoms with Gasteiger partial charge in [0, 0.05) is 19.3 Å². The summed E-state index contributed by atoms with van der Waals surface area (Å²) in [6, 6.07) is 5.89. The van der Waals surface area contributed by atoms with E-state index in [1.165, 1.54) is 23.2 Å². The summed E-state index contributed by atoms with van der Waals surface area (Å²) < 4.78 is 56.5. The third-order valence-electron chi connectivity index (χ3n) is 4.27.